The number of aliphatic hydroxyl groups is 1. The van der Waals surface area contributed by atoms with E-state index in [1.54, 1.807) is 12.1 Å². The van der Waals surface area contributed by atoms with E-state index in [1.165, 1.54) is 4.31 Å². The molecule has 2 N–H and O–H groups in total. The summed E-state index contributed by atoms with van der Waals surface area (Å²) < 4.78 is 26.9. The number of hydrogen-bond donors (Lipinski definition) is 2. The summed E-state index contributed by atoms with van der Waals surface area (Å²) in [6, 6.07) is 4.96. The Hall–Kier alpha value is -1.11. The van der Waals surface area contributed by atoms with Gasteiger partial charge in [0.25, 0.3) is 0 Å². The minimum Gasteiger partial charge on any atom is -0.395 e. The summed E-state index contributed by atoms with van der Waals surface area (Å²) in [4.78, 5) is 0.340. The van der Waals surface area contributed by atoms with Crippen LogP contribution in [0.15, 0.2) is 23.1 Å². The molecule has 0 amide bonds. The van der Waals surface area contributed by atoms with Crippen LogP contribution in [0.5, 0.6) is 0 Å². The first-order valence-electron chi connectivity index (χ1n) is 7.03. The first-order valence-corrected chi connectivity index (χ1v) is 8.47. The molecule has 0 aliphatic carbocycles. The molecule has 20 heavy (non-hydrogen) atoms. The second-order valence-electron chi connectivity index (χ2n) is 5.63. The van der Waals surface area contributed by atoms with E-state index in [0.717, 1.165) is 30.6 Å². The molecule has 2 aliphatic heterocycles. The van der Waals surface area contributed by atoms with Gasteiger partial charge in [0.1, 0.15) is 0 Å². The van der Waals surface area contributed by atoms with Crippen molar-refractivity contribution in [3.8, 4) is 0 Å². The zero-order chi connectivity index (χ0) is 14.3. The maximum atomic E-state index is 12.7. The van der Waals surface area contributed by atoms with Gasteiger partial charge < -0.3 is 10.4 Å². The quantitative estimate of drug-likeness (QED) is 0.874. The highest BCUT2D eigenvalue weighted by Crippen LogP contribution is 2.32. The Bertz CT molecular complexity index is 615. The van der Waals surface area contributed by atoms with Crippen LogP contribution >= 0.6 is 0 Å². The van der Waals surface area contributed by atoms with Crippen molar-refractivity contribution < 1.29 is 13.5 Å². The van der Waals surface area contributed by atoms with Crippen molar-refractivity contribution in [1.82, 2.24) is 4.31 Å². The lowest BCUT2D eigenvalue weighted by molar-refractivity contribution is 0.191. The third-order valence-electron chi connectivity index (χ3n) is 4.41. The van der Waals surface area contributed by atoms with Gasteiger partial charge in [-0.3, -0.25) is 0 Å². The normalized spacial score (nSPS) is 26.5. The topological polar surface area (TPSA) is 69.6 Å². The SMILES string of the molecule is CC1CCN(S(=O)(=O)c2ccc3c(c2)CCN3)C1CO. The Labute approximate surface area is 119 Å². The second-order valence-corrected chi connectivity index (χ2v) is 7.52. The van der Waals surface area contributed by atoms with E-state index in [0.29, 0.717) is 11.4 Å². The van der Waals surface area contributed by atoms with Gasteiger partial charge in [0.2, 0.25) is 10.0 Å². The predicted molar refractivity (Wildman–Crippen MR) is 77.2 cm³/mol. The number of fused-ring (bicyclic) bond motifs is 1. The van der Waals surface area contributed by atoms with Gasteiger partial charge in [0.15, 0.2) is 0 Å². The molecule has 1 fully saturated rings. The average molecular weight is 296 g/mol. The summed E-state index contributed by atoms with van der Waals surface area (Å²) in [7, 11) is -3.51. The minimum absolute atomic E-state index is 0.118. The van der Waals surface area contributed by atoms with Crippen molar-refractivity contribution in [2.75, 3.05) is 25.0 Å². The van der Waals surface area contributed by atoms with Crippen LogP contribution in [-0.2, 0) is 16.4 Å². The molecule has 0 spiro atoms. The standard InChI is InChI=1S/C14H20N2O3S/c1-10-5-7-16(14(10)9-17)20(18,19)12-2-3-13-11(8-12)4-6-15-13/h2-3,8,10,14-15,17H,4-7,9H2,1H3. The summed E-state index contributed by atoms with van der Waals surface area (Å²) in [5, 5.41) is 12.7. The van der Waals surface area contributed by atoms with Crippen LogP contribution < -0.4 is 5.32 Å². The molecule has 6 heteroatoms. The third kappa shape index (κ3) is 2.12. The van der Waals surface area contributed by atoms with E-state index >= 15 is 0 Å². The average Bonchev–Trinajstić information content (AvgIpc) is 3.03. The summed E-state index contributed by atoms with van der Waals surface area (Å²) in [5.74, 6) is 0.200. The predicted octanol–water partition coefficient (Wildman–Crippen LogP) is 1.05. The number of benzene rings is 1. The summed E-state index contributed by atoms with van der Waals surface area (Å²) in [5.41, 5.74) is 2.08. The third-order valence-corrected chi connectivity index (χ3v) is 6.33. The smallest absolute Gasteiger partial charge is 0.243 e. The Balaban J connectivity index is 1.96. The lowest BCUT2D eigenvalue weighted by Crippen LogP contribution is -2.39. The number of rotatable bonds is 3. The maximum Gasteiger partial charge on any atom is 0.243 e. The lowest BCUT2D eigenvalue weighted by atomic mass is 10.0. The molecule has 1 saturated heterocycles. The van der Waals surface area contributed by atoms with Gasteiger partial charge in [0.05, 0.1) is 17.5 Å². The zero-order valence-electron chi connectivity index (χ0n) is 11.5. The van der Waals surface area contributed by atoms with E-state index in [-0.39, 0.29) is 18.6 Å². The second kappa shape index (κ2) is 5.02. The fraction of sp³-hybridized carbons (Fsp3) is 0.571. The van der Waals surface area contributed by atoms with Crippen molar-refractivity contribution in [3.05, 3.63) is 23.8 Å². The van der Waals surface area contributed by atoms with Crippen LogP contribution in [0, 0.1) is 5.92 Å². The van der Waals surface area contributed by atoms with Gasteiger partial charge >= 0.3 is 0 Å². The number of hydrogen-bond acceptors (Lipinski definition) is 4. The summed E-state index contributed by atoms with van der Waals surface area (Å²) in [6.07, 6.45) is 1.66. The highest BCUT2D eigenvalue weighted by Gasteiger charge is 2.39. The molecule has 3 rings (SSSR count). The summed E-state index contributed by atoms with van der Waals surface area (Å²) >= 11 is 0. The lowest BCUT2D eigenvalue weighted by Gasteiger charge is -2.24. The fourth-order valence-electron chi connectivity index (χ4n) is 3.12. The van der Waals surface area contributed by atoms with Crippen molar-refractivity contribution in [3.63, 3.8) is 0 Å². The van der Waals surface area contributed by atoms with Crippen molar-refractivity contribution in [2.24, 2.45) is 5.92 Å². The molecule has 1 aromatic rings. The molecule has 0 aromatic heterocycles. The number of aliphatic hydroxyl groups excluding tert-OH is 1. The highest BCUT2D eigenvalue weighted by atomic mass is 32.2. The number of sulfonamides is 1. The molecule has 0 saturated carbocycles. The largest absolute Gasteiger partial charge is 0.395 e. The molecule has 2 aliphatic rings. The van der Waals surface area contributed by atoms with Crippen molar-refractivity contribution in [2.45, 2.75) is 30.7 Å². The number of nitrogens with one attached hydrogen (secondary N) is 1. The molecule has 2 atom stereocenters. The Morgan fingerprint density at radius 2 is 2.25 bits per heavy atom. The van der Waals surface area contributed by atoms with E-state index in [9.17, 15) is 13.5 Å². The minimum atomic E-state index is -3.51. The molecule has 1 aromatic carbocycles. The molecule has 2 unspecified atom stereocenters. The van der Waals surface area contributed by atoms with E-state index in [1.807, 2.05) is 13.0 Å². The maximum absolute atomic E-state index is 12.7. The molecule has 0 radical (unpaired) electrons. The van der Waals surface area contributed by atoms with E-state index < -0.39 is 10.0 Å². The van der Waals surface area contributed by atoms with Gasteiger partial charge in [-0.1, -0.05) is 6.92 Å². The Morgan fingerprint density at radius 3 is 3.00 bits per heavy atom. The first-order chi connectivity index (χ1) is 9.54. The monoisotopic (exact) mass is 296 g/mol. The highest BCUT2D eigenvalue weighted by molar-refractivity contribution is 7.89. The van der Waals surface area contributed by atoms with E-state index in [4.69, 9.17) is 0 Å². The van der Waals surface area contributed by atoms with Gasteiger partial charge in [-0.05, 0) is 42.5 Å². The van der Waals surface area contributed by atoms with Gasteiger partial charge in [-0.2, -0.15) is 4.31 Å². The molecule has 5 nitrogen and oxygen atoms in total. The van der Waals surface area contributed by atoms with Crippen LogP contribution in [-0.4, -0.2) is 43.6 Å². The van der Waals surface area contributed by atoms with Gasteiger partial charge in [-0.25, -0.2) is 8.42 Å². The van der Waals surface area contributed by atoms with Crippen molar-refractivity contribution >= 4 is 15.7 Å². The van der Waals surface area contributed by atoms with Crippen LogP contribution in [0.25, 0.3) is 0 Å². The Morgan fingerprint density at radius 1 is 1.45 bits per heavy atom. The Kier molecular flexibility index (Phi) is 3.48. The van der Waals surface area contributed by atoms with Crippen LogP contribution in [0.2, 0.25) is 0 Å². The fourth-order valence-corrected chi connectivity index (χ4v) is 4.90. The molecule has 0 bridgehead atoms. The number of anilines is 1. The molecular formula is C14H20N2O3S. The van der Waals surface area contributed by atoms with Gasteiger partial charge in [-0.15, -0.1) is 0 Å². The van der Waals surface area contributed by atoms with Crippen molar-refractivity contribution in [1.29, 1.82) is 0 Å². The molecule has 110 valence electrons. The zero-order valence-corrected chi connectivity index (χ0v) is 12.4. The van der Waals surface area contributed by atoms with Crippen LogP contribution in [0.1, 0.15) is 18.9 Å². The summed E-state index contributed by atoms with van der Waals surface area (Å²) in [6.45, 7) is 3.22. The van der Waals surface area contributed by atoms with E-state index in [2.05, 4.69) is 5.32 Å². The van der Waals surface area contributed by atoms with Crippen LogP contribution in [0.3, 0.4) is 0 Å². The molecule has 2 heterocycles. The molecular weight excluding hydrogens is 276 g/mol. The first kappa shape index (κ1) is 13.9. The van der Waals surface area contributed by atoms with Gasteiger partial charge in [0, 0.05) is 18.8 Å². The van der Waals surface area contributed by atoms with Crippen LogP contribution in [0.4, 0.5) is 5.69 Å². The number of nitrogens with zero attached hydrogens (tertiary/aromatic N) is 1.